The molecule has 5 heteroatoms. The Labute approximate surface area is 148 Å². The van der Waals surface area contributed by atoms with E-state index in [-0.39, 0.29) is 0 Å². The second-order valence-electron chi connectivity index (χ2n) is 5.73. The van der Waals surface area contributed by atoms with Gasteiger partial charge >= 0.3 is 0 Å². The molecule has 0 aliphatic carbocycles. The predicted octanol–water partition coefficient (Wildman–Crippen LogP) is 3.43. The fourth-order valence-electron chi connectivity index (χ4n) is 2.69. The summed E-state index contributed by atoms with van der Waals surface area (Å²) in [6.45, 7) is 1.57. The predicted molar refractivity (Wildman–Crippen MR) is 99.0 cm³/mol. The lowest BCUT2D eigenvalue weighted by Crippen LogP contribution is -2.17. The van der Waals surface area contributed by atoms with Gasteiger partial charge in [0.15, 0.2) is 11.5 Å². The van der Waals surface area contributed by atoms with Crippen LogP contribution >= 0.6 is 0 Å². The van der Waals surface area contributed by atoms with E-state index in [1.54, 1.807) is 14.2 Å². The SMILES string of the molecule is COc1ccc(CCNCc2ncc(-c3ccccc3)[nH]2)cc1OC. The summed E-state index contributed by atoms with van der Waals surface area (Å²) in [5.74, 6) is 2.45. The number of benzene rings is 2. The van der Waals surface area contributed by atoms with E-state index in [0.29, 0.717) is 6.54 Å². The molecule has 2 N–H and O–H groups in total. The number of ether oxygens (including phenoxy) is 2. The standard InChI is InChI=1S/C20H23N3O2/c1-24-18-9-8-15(12-19(18)25-2)10-11-21-14-20-22-13-17(23-20)16-6-4-3-5-7-16/h3-9,12-13,21H,10-11,14H2,1-2H3,(H,22,23). The molecule has 0 saturated carbocycles. The average Bonchev–Trinajstić information content (AvgIpc) is 3.14. The Kier molecular flexibility index (Phi) is 5.69. The van der Waals surface area contributed by atoms with E-state index in [4.69, 9.17) is 9.47 Å². The van der Waals surface area contributed by atoms with Crippen molar-refractivity contribution in [1.29, 1.82) is 0 Å². The number of nitrogens with one attached hydrogen (secondary N) is 2. The molecular weight excluding hydrogens is 314 g/mol. The molecule has 0 aliphatic heterocycles. The molecule has 25 heavy (non-hydrogen) atoms. The van der Waals surface area contributed by atoms with Crippen LogP contribution in [0.4, 0.5) is 0 Å². The minimum absolute atomic E-state index is 0.708. The van der Waals surface area contributed by atoms with Crippen LogP contribution in [0.25, 0.3) is 11.3 Å². The van der Waals surface area contributed by atoms with Gasteiger partial charge in [0.1, 0.15) is 5.82 Å². The van der Waals surface area contributed by atoms with Gasteiger partial charge in [0.2, 0.25) is 0 Å². The van der Waals surface area contributed by atoms with Crippen molar-refractivity contribution >= 4 is 0 Å². The zero-order valence-corrected chi connectivity index (χ0v) is 14.6. The van der Waals surface area contributed by atoms with Crippen molar-refractivity contribution in [2.75, 3.05) is 20.8 Å². The van der Waals surface area contributed by atoms with Gasteiger partial charge in [0.25, 0.3) is 0 Å². The van der Waals surface area contributed by atoms with Gasteiger partial charge in [-0.25, -0.2) is 4.98 Å². The molecule has 3 rings (SSSR count). The first-order valence-corrected chi connectivity index (χ1v) is 8.31. The van der Waals surface area contributed by atoms with Gasteiger partial charge in [-0.1, -0.05) is 36.4 Å². The quantitative estimate of drug-likeness (QED) is 0.618. The zero-order valence-electron chi connectivity index (χ0n) is 14.6. The molecule has 0 spiro atoms. The van der Waals surface area contributed by atoms with Gasteiger partial charge in [-0.15, -0.1) is 0 Å². The summed E-state index contributed by atoms with van der Waals surface area (Å²) in [7, 11) is 3.30. The monoisotopic (exact) mass is 337 g/mol. The third-order valence-corrected chi connectivity index (χ3v) is 4.04. The normalized spacial score (nSPS) is 10.6. The van der Waals surface area contributed by atoms with Gasteiger partial charge in [-0.2, -0.15) is 0 Å². The molecule has 0 saturated heterocycles. The van der Waals surface area contributed by atoms with Gasteiger partial charge in [-0.05, 0) is 36.2 Å². The summed E-state index contributed by atoms with van der Waals surface area (Å²) in [6, 6.07) is 16.2. The molecule has 0 atom stereocenters. The van der Waals surface area contributed by atoms with Crippen LogP contribution < -0.4 is 14.8 Å². The van der Waals surface area contributed by atoms with E-state index in [1.807, 2.05) is 36.5 Å². The number of aromatic amines is 1. The van der Waals surface area contributed by atoms with Crippen molar-refractivity contribution in [2.45, 2.75) is 13.0 Å². The lowest BCUT2D eigenvalue weighted by atomic mass is 10.1. The second kappa shape index (κ2) is 8.35. The van der Waals surface area contributed by atoms with Crippen LogP contribution in [0.2, 0.25) is 0 Å². The Hall–Kier alpha value is -2.79. The van der Waals surface area contributed by atoms with Gasteiger partial charge < -0.3 is 19.8 Å². The molecular formula is C20H23N3O2. The molecule has 0 fully saturated rings. The van der Waals surface area contributed by atoms with E-state index in [9.17, 15) is 0 Å². The molecule has 0 amide bonds. The Morgan fingerprint density at radius 1 is 1.00 bits per heavy atom. The van der Waals surface area contributed by atoms with E-state index in [1.165, 1.54) is 5.56 Å². The first-order chi connectivity index (χ1) is 12.3. The van der Waals surface area contributed by atoms with Gasteiger partial charge in [0, 0.05) is 0 Å². The molecule has 0 bridgehead atoms. The largest absolute Gasteiger partial charge is 0.493 e. The highest BCUT2D eigenvalue weighted by Gasteiger charge is 2.05. The van der Waals surface area contributed by atoms with E-state index < -0.39 is 0 Å². The van der Waals surface area contributed by atoms with Crippen LogP contribution in [0, 0.1) is 0 Å². The molecule has 3 aromatic rings. The first-order valence-electron chi connectivity index (χ1n) is 8.31. The first kappa shape index (κ1) is 17.0. The van der Waals surface area contributed by atoms with Crippen molar-refractivity contribution in [2.24, 2.45) is 0 Å². The number of nitrogens with zero attached hydrogens (tertiary/aromatic N) is 1. The van der Waals surface area contributed by atoms with Crippen LogP contribution in [-0.4, -0.2) is 30.7 Å². The van der Waals surface area contributed by atoms with Crippen molar-refractivity contribution in [3.8, 4) is 22.8 Å². The highest BCUT2D eigenvalue weighted by molar-refractivity contribution is 5.57. The molecule has 2 aromatic carbocycles. The lowest BCUT2D eigenvalue weighted by Gasteiger charge is -2.09. The Morgan fingerprint density at radius 3 is 2.56 bits per heavy atom. The molecule has 0 unspecified atom stereocenters. The van der Waals surface area contributed by atoms with Crippen molar-refractivity contribution in [3.63, 3.8) is 0 Å². The molecule has 0 radical (unpaired) electrons. The highest BCUT2D eigenvalue weighted by Crippen LogP contribution is 2.27. The van der Waals surface area contributed by atoms with E-state index >= 15 is 0 Å². The number of hydrogen-bond acceptors (Lipinski definition) is 4. The number of methoxy groups -OCH3 is 2. The number of H-pyrrole nitrogens is 1. The fourth-order valence-corrected chi connectivity index (χ4v) is 2.69. The summed E-state index contributed by atoms with van der Waals surface area (Å²) in [5, 5.41) is 3.42. The van der Waals surface area contributed by atoms with Gasteiger partial charge in [0.05, 0.1) is 32.7 Å². The molecule has 1 heterocycles. The minimum Gasteiger partial charge on any atom is -0.493 e. The number of aromatic nitrogens is 2. The third kappa shape index (κ3) is 4.39. The number of imidazole rings is 1. The average molecular weight is 337 g/mol. The summed E-state index contributed by atoms with van der Waals surface area (Å²) in [4.78, 5) is 7.78. The zero-order chi connectivity index (χ0) is 17.5. The van der Waals surface area contributed by atoms with E-state index in [2.05, 4.69) is 33.5 Å². The van der Waals surface area contributed by atoms with E-state index in [0.717, 1.165) is 41.5 Å². The number of rotatable bonds is 8. The highest BCUT2D eigenvalue weighted by atomic mass is 16.5. The number of hydrogen-bond donors (Lipinski definition) is 2. The smallest absolute Gasteiger partial charge is 0.160 e. The topological polar surface area (TPSA) is 59.2 Å². The minimum atomic E-state index is 0.708. The molecule has 0 aliphatic rings. The summed E-state index contributed by atoms with van der Waals surface area (Å²) in [6.07, 6.45) is 2.79. The Balaban J connectivity index is 1.50. The van der Waals surface area contributed by atoms with Crippen molar-refractivity contribution < 1.29 is 9.47 Å². The van der Waals surface area contributed by atoms with Gasteiger partial charge in [-0.3, -0.25) is 0 Å². The summed E-state index contributed by atoms with van der Waals surface area (Å²) < 4.78 is 10.6. The Morgan fingerprint density at radius 2 is 1.80 bits per heavy atom. The lowest BCUT2D eigenvalue weighted by molar-refractivity contribution is 0.354. The molecule has 1 aromatic heterocycles. The van der Waals surface area contributed by atoms with Crippen LogP contribution in [-0.2, 0) is 13.0 Å². The summed E-state index contributed by atoms with van der Waals surface area (Å²) >= 11 is 0. The maximum atomic E-state index is 5.34. The van der Waals surface area contributed by atoms with Crippen LogP contribution in [0.15, 0.2) is 54.7 Å². The van der Waals surface area contributed by atoms with Crippen LogP contribution in [0.1, 0.15) is 11.4 Å². The van der Waals surface area contributed by atoms with Crippen molar-refractivity contribution in [3.05, 3.63) is 66.1 Å². The molecule has 130 valence electrons. The second-order valence-corrected chi connectivity index (χ2v) is 5.73. The molecule has 5 nitrogen and oxygen atoms in total. The Bertz CT molecular complexity index is 800. The van der Waals surface area contributed by atoms with Crippen molar-refractivity contribution in [1.82, 2.24) is 15.3 Å². The maximum absolute atomic E-state index is 5.34. The summed E-state index contributed by atoms with van der Waals surface area (Å²) in [5.41, 5.74) is 3.39. The van der Waals surface area contributed by atoms with Crippen LogP contribution in [0.5, 0.6) is 11.5 Å². The third-order valence-electron chi connectivity index (χ3n) is 4.04. The van der Waals surface area contributed by atoms with Crippen LogP contribution in [0.3, 0.4) is 0 Å². The maximum Gasteiger partial charge on any atom is 0.160 e. The fraction of sp³-hybridized carbons (Fsp3) is 0.250.